The van der Waals surface area contributed by atoms with Gasteiger partial charge in [-0.15, -0.1) is 12.4 Å². The Kier molecular flexibility index (Phi) is 5.35. The van der Waals surface area contributed by atoms with Gasteiger partial charge in [0.1, 0.15) is 11.4 Å². The van der Waals surface area contributed by atoms with Crippen LogP contribution in [0.5, 0.6) is 5.75 Å². The van der Waals surface area contributed by atoms with Crippen molar-refractivity contribution in [3.05, 3.63) is 29.8 Å². The van der Waals surface area contributed by atoms with E-state index in [2.05, 4.69) is 30.5 Å². The van der Waals surface area contributed by atoms with Crippen LogP contribution in [0, 0.1) is 5.92 Å². The number of nitrogens with one attached hydrogen (secondary N) is 2. The van der Waals surface area contributed by atoms with Crippen LogP contribution < -0.4 is 15.4 Å². The Bertz CT molecular complexity index is 527. The van der Waals surface area contributed by atoms with Crippen molar-refractivity contribution in [2.75, 3.05) is 13.1 Å². The summed E-state index contributed by atoms with van der Waals surface area (Å²) in [4.78, 5) is 12.5. The predicted molar refractivity (Wildman–Crippen MR) is 89.5 cm³/mol. The summed E-state index contributed by atoms with van der Waals surface area (Å²) in [7, 11) is 0. The average molecular weight is 325 g/mol. The van der Waals surface area contributed by atoms with Gasteiger partial charge >= 0.3 is 0 Å². The number of hydrogen-bond donors (Lipinski definition) is 2. The molecule has 0 aliphatic carbocycles. The van der Waals surface area contributed by atoms with Crippen molar-refractivity contribution < 1.29 is 9.53 Å². The maximum atomic E-state index is 12.5. The van der Waals surface area contributed by atoms with Crippen LogP contribution in [0.25, 0.3) is 0 Å². The molecule has 0 radical (unpaired) electrons. The van der Waals surface area contributed by atoms with Gasteiger partial charge in [-0.25, -0.2) is 0 Å². The third-order valence-electron chi connectivity index (χ3n) is 4.40. The van der Waals surface area contributed by atoms with Gasteiger partial charge in [-0.3, -0.25) is 4.79 Å². The molecule has 0 spiro atoms. The molecule has 2 aliphatic rings. The molecule has 1 aromatic carbocycles. The normalized spacial score (nSPS) is 23.6. The van der Waals surface area contributed by atoms with Gasteiger partial charge in [0.15, 0.2) is 0 Å². The third kappa shape index (κ3) is 3.73. The average Bonchev–Trinajstić information content (AvgIpc) is 2.47. The topological polar surface area (TPSA) is 50.4 Å². The number of para-hydroxylation sites is 1. The molecule has 0 saturated carbocycles. The molecule has 1 unspecified atom stereocenters. The molecular formula is C17H25ClN2O2. The zero-order chi connectivity index (χ0) is 14.9. The lowest BCUT2D eigenvalue weighted by atomic mass is 9.88. The van der Waals surface area contributed by atoms with E-state index in [1.807, 2.05) is 18.2 Å². The van der Waals surface area contributed by atoms with E-state index in [1.54, 1.807) is 0 Å². The molecule has 5 heteroatoms. The summed E-state index contributed by atoms with van der Waals surface area (Å²) in [6.45, 7) is 6.03. The van der Waals surface area contributed by atoms with Crippen molar-refractivity contribution in [3.63, 3.8) is 0 Å². The highest BCUT2D eigenvalue weighted by molar-refractivity contribution is 5.85. The summed E-state index contributed by atoms with van der Waals surface area (Å²) in [5, 5.41) is 6.56. The monoisotopic (exact) mass is 324 g/mol. The number of benzene rings is 1. The van der Waals surface area contributed by atoms with Crippen molar-refractivity contribution in [2.45, 2.75) is 44.8 Å². The van der Waals surface area contributed by atoms with E-state index in [4.69, 9.17) is 4.74 Å². The largest absolute Gasteiger partial charge is 0.487 e. The van der Waals surface area contributed by atoms with Crippen molar-refractivity contribution in [1.29, 1.82) is 0 Å². The van der Waals surface area contributed by atoms with E-state index < -0.39 is 0 Å². The first-order valence-electron chi connectivity index (χ1n) is 7.84. The van der Waals surface area contributed by atoms with Gasteiger partial charge in [0.25, 0.3) is 0 Å². The zero-order valence-electron chi connectivity index (χ0n) is 13.2. The van der Waals surface area contributed by atoms with E-state index in [1.165, 1.54) is 0 Å². The van der Waals surface area contributed by atoms with E-state index in [9.17, 15) is 4.79 Å². The van der Waals surface area contributed by atoms with Gasteiger partial charge in [-0.05, 0) is 45.8 Å². The third-order valence-corrected chi connectivity index (χ3v) is 4.40. The van der Waals surface area contributed by atoms with Crippen LogP contribution in [0.3, 0.4) is 0 Å². The first-order valence-corrected chi connectivity index (χ1v) is 7.84. The Morgan fingerprint density at radius 3 is 2.68 bits per heavy atom. The number of fused-ring (bicyclic) bond motifs is 1. The summed E-state index contributed by atoms with van der Waals surface area (Å²) in [6, 6.07) is 8.07. The molecule has 1 saturated heterocycles. The standard InChI is InChI=1S/C17H24N2O2.ClH/c1-17(2)11-14(13-5-3-4-6-15(13)21-17)19-16(20)12-7-9-18-10-8-12;/h3-6,12,14,18H,7-11H2,1-2H3,(H,19,20);1H. The maximum absolute atomic E-state index is 12.5. The van der Waals surface area contributed by atoms with Crippen molar-refractivity contribution in [2.24, 2.45) is 5.92 Å². The zero-order valence-corrected chi connectivity index (χ0v) is 14.0. The van der Waals surface area contributed by atoms with Crippen LogP contribution in [0.1, 0.15) is 44.7 Å². The highest BCUT2D eigenvalue weighted by Gasteiger charge is 2.35. The molecule has 1 aromatic rings. The number of piperidine rings is 1. The molecule has 22 heavy (non-hydrogen) atoms. The summed E-state index contributed by atoms with van der Waals surface area (Å²) >= 11 is 0. The van der Waals surface area contributed by atoms with Gasteiger partial charge in [-0.1, -0.05) is 18.2 Å². The highest BCUT2D eigenvalue weighted by Crippen LogP contribution is 2.39. The molecule has 0 bridgehead atoms. The van der Waals surface area contributed by atoms with Crippen LogP contribution in [0.15, 0.2) is 24.3 Å². The predicted octanol–water partition coefficient (Wildman–Crippen LogP) is 2.83. The molecule has 122 valence electrons. The van der Waals surface area contributed by atoms with E-state index >= 15 is 0 Å². The molecule has 2 aliphatic heterocycles. The summed E-state index contributed by atoms with van der Waals surface area (Å²) < 4.78 is 6.02. The Hall–Kier alpha value is -1.26. The van der Waals surface area contributed by atoms with Gasteiger partial charge in [0.2, 0.25) is 5.91 Å². The smallest absolute Gasteiger partial charge is 0.223 e. The fourth-order valence-electron chi connectivity index (χ4n) is 3.30. The Balaban J connectivity index is 0.00000176. The number of carbonyl (C=O) groups excluding carboxylic acids is 1. The first kappa shape index (κ1) is 17.1. The molecular weight excluding hydrogens is 300 g/mol. The highest BCUT2D eigenvalue weighted by atomic mass is 35.5. The first-order chi connectivity index (χ1) is 10.1. The molecule has 1 amide bonds. The number of hydrogen-bond acceptors (Lipinski definition) is 3. The molecule has 1 fully saturated rings. The molecule has 0 aromatic heterocycles. The van der Waals surface area contributed by atoms with Gasteiger partial charge < -0.3 is 15.4 Å². The second kappa shape index (κ2) is 6.88. The van der Waals surface area contributed by atoms with E-state index in [0.717, 1.165) is 43.7 Å². The minimum absolute atomic E-state index is 0. The van der Waals surface area contributed by atoms with Crippen LogP contribution in [-0.4, -0.2) is 24.6 Å². The minimum atomic E-state index is -0.250. The Labute approximate surface area is 138 Å². The summed E-state index contributed by atoms with van der Waals surface area (Å²) in [6.07, 6.45) is 2.67. The number of ether oxygens (including phenoxy) is 1. The molecule has 2 N–H and O–H groups in total. The van der Waals surface area contributed by atoms with Gasteiger partial charge in [-0.2, -0.15) is 0 Å². The van der Waals surface area contributed by atoms with Crippen LogP contribution in [-0.2, 0) is 4.79 Å². The number of rotatable bonds is 2. The summed E-state index contributed by atoms with van der Waals surface area (Å²) in [5.74, 6) is 1.22. The van der Waals surface area contributed by atoms with Crippen LogP contribution >= 0.6 is 12.4 Å². The van der Waals surface area contributed by atoms with Crippen LogP contribution in [0.4, 0.5) is 0 Å². The van der Waals surface area contributed by atoms with Crippen molar-refractivity contribution in [1.82, 2.24) is 10.6 Å². The molecule has 4 nitrogen and oxygen atoms in total. The Morgan fingerprint density at radius 2 is 1.95 bits per heavy atom. The minimum Gasteiger partial charge on any atom is -0.487 e. The van der Waals surface area contributed by atoms with E-state index in [-0.39, 0.29) is 35.9 Å². The maximum Gasteiger partial charge on any atom is 0.223 e. The lowest BCUT2D eigenvalue weighted by molar-refractivity contribution is -0.127. The number of halogens is 1. The number of carbonyl (C=O) groups is 1. The van der Waals surface area contributed by atoms with Gasteiger partial charge in [0, 0.05) is 17.9 Å². The van der Waals surface area contributed by atoms with Gasteiger partial charge in [0.05, 0.1) is 6.04 Å². The lowest BCUT2D eigenvalue weighted by Crippen LogP contribution is -2.44. The fraction of sp³-hybridized carbons (Fsp3) is 0.588. The second-order valence-corrected chi connectivity index (χ2v) is 6.69. The molecule has 2 heterocycles. The van der Waals surface area contributed by atoms with Crippen LogP contribution in [0.2, 0.25) is 0 Å². The number of amides is 1. The lowest BCUT2D eigenvalue weighted by Gasteiger charge is -2.38. The molecule has 3 rings (SSSR count). The quantitative estimate of drug-likeness (QED) is 0.879. The SMILES string of the molecule is CC1(C)CC(NC(=O)C2CCNCC2)c2ccccc2O1.Cl. The van der Waals surface area contributed by atoms with Crippen molar-refractivity contribution in [3.8, 4) is 5.75 Å². The fourth-order valence-corrected chi connectivity index (χ4v) is 3.30. The van der Waals surface area contributed by atoms with Crippen molar-refractivity contribution >= 4 is 18.3 Å². The van der Waals surface area contributed by atoms with E-state index in [0.29, 0.717) is 0 Å². The molecule has 1 atom stereocenters. The second-order valence-electron chi connectivity index (χ2n) is 6.69. The Morgan fingerprint density at radius 1 is 1.27 bits per heavy atom. The summed E-state index contributed by atoms with van der Waals surface area (Å²) in [5.41, 5.74) is 0.847.